The summed E-state index contributed by atoms with van der Waals surface area (Å²) in [6, 6.07) is 5.40. The fourth-order valence-electron chi connectivity index (χ4n) is 1.60. The lowest BCUT2D eigenvalue weighted by Crippen LogP contribution is -2.28. The fourth-order valence-corrected chi connectivity index (χ4v) is 1.60. The zero-order valence-corrected chi connectivity index (χ0v) is 11.2. The first kappa shape index (κ1) is 13.2. The van der Waals surface area contributed by atoms with E-state index in [1.54, 1.807) is 6.20 Å². The van der Waals surface area contributed by atoms with Crippen molar-refractivity contribution >= 4 is 5.91 Å². The number of nitrogens with zero attached hydrogens (tertiary/aromatic N) is 3. The van der Waals surface area contributed by atoms with Gasteiger partial charge in [0.25, 0.3) is 5.91 Å². The Morgan fingerprint density at radius 1 is 1.32 bits per heavy atom. The molecule has 2 rings (SSSR count). The van der Waals surface area contributed by atoms with Crippen LogP contribution in [0.1, 0.15) is 54.9 Å². The number of aromatic amines is 1. The lowest BCUT2D eigenvalue weighted by Gasteiger charge is -2.11. The predicted octanol–water partition coefficient (Wildman–Crippen LogP) is 1.81. The van der Waals surface area contributed by atoms with Crippen molar-refractivity contribution in [1.82, 2.24) is 25.5 Å². The molecule has 100 valence electrons. The maximum atomic E-state index is 12.0. The number of hydrogen-bond donors (Lipinski definition) is 2. The maximum absolute atomic E-state index is 12.0. The third-order valence-electron chi connectivity index (χ3n) is 2.73. The molecular formula is C13H17N5O. The minimum atomic E-state index is -0.304. The molecule has 0 aliphatic rings. The second-order valence-electron chi connectivity index (χ2n) is 4.65. The molecule has 2 aromatic rings. The van der Waals surface area contributed by atoms with Crippen molar-refractivity contribution in [3.8, 4) is 0 Å². The normalized spacial score (nSPS) is 12.4. The Labute approximate surface area is 111 Å². The highest BCUT2D eigenvalue weighted by Crippen LogP contribution is 2.10. The third kappa shape index (κ3) is 3.15. The van der Waals surface area contributed by atoms with Crippen LogP contribution in [0.4, 0.5) is 0 Å². The Bertz CT molecular complexity index is 549. The van der Waals surface area contributed by atoms with Gasteiger partial charge in [-0.15, -0.1) is 5.10 Å². The first-order valence-electron chi connectivity index (χ1n) is 6.22. The molecule has 6 heteroatoms. The van der Waals surface area contributed by atoms with Gasteiger partial charge in [0.1, 0.15) is 5.82 Å². The number of hydrogen-bond acceptors (Lipinski definition) is 4. The second kappa shape index (κ2) is 5.60. The van der Waals surface area contributed by atoms with Crippen LogP contribution in [0, 0.1) is 0 Å². The summed E-state index contributed by atoms with van der Waals surface area (Å²) in [5, 5.41) is 9.50. The Hall–Kier alpha value is -2.24. The molecule has 2 N–H and O–H groups in total. The minimum Gasteiger partial charge on any atom is -0.341 e. The van der Waals surface area contributed by atoms with E-state index in [1.165, 1.54) is 0 Å². The van der Waals surface area contributed by atoms with Crippen molar-refractivity contribution in [2.24, 2.45) is 0 Å². The average Bonchev–Trinajstić information content (AvgIpc) is 2.89. The van der Waals surface area contributed by atoms with E-state index in [0.29, 0.717) is 5.82 Å². The van der Waals surface area contributed by atoms with Crippen LogP contribution in [0.15, 0.2) is 24.4 Å². The Kier molecular flexibility index (Phi) is 3.89. The molecule has 0 saturated carbocycles. The lowest BCUT2D eigenvalue weighted by atomic mass is 10.2. The van der Waals surface area contributed by atoms with E-state index in [1.807, 2.05) is 39.0 Å². The summed E-state index contributed by atoms with van der Waals surface area (Å²) in [6.45, 7) is 5.84. The van der Waals surface area contributed by atoms with Crippen molar-refractivity contribution < 1.29 is 4.79 Å². The predicted molar refractivity (Wildman–Crippen MR) is 70.6 cm³/mol. The summed E-state index contributed by atoms with van der Waals surface area (Å²) in [6.07, 6.45) is 1.70. The van der Waals surface area contributed by atoms with Gasteiger partial charge in [-0.2, -0.15) is 0 Å². The van der Waals surface area contributed by atoms with Crippen LogP contribution in [0.25, 0.3) is 0 Å². The van der Waals surface area contributed by atoms with E-state index >= 15 is 0 Å². The molecule has 1 unspecified atom stereocenters. The highest BCUT2D eigenvalue weighted by molar-refractivity contribution is 5.90. The van der Waals surface area contributed by atoms with E-state index in [0.717, 1.165) is 5.69 Å². The van der Waals surface area contributed by atoms with E-state index in [4.69, 9.17) is 0 Å². The highest BCUT2D eigenvalue weighted by atomic mass is 16.2. The number of pyridine rings is 1. The third-order valence-corrected chi connectivity index (χ3v) is 2.73. The van der Waals surface area contributed by atoms with Crippen LogP contribution in [-0.4, -0.2) is 26.1 Å². The summed E-state index contributed by atoms with van der Waals surface area (Å²) in [5.74, 6) is 0.769. The van der Waals surface area contributed by atoms with Crippen molar-refractivity contribution in [2.45, 2.75) is 32.7 Å². The van der Waals surface area contributed by atoms with Crippen molar-refractivity contribution in [3.05, 3.63) is 41.7 Å². The molecule has 2 heterocycles. The van der Waals surface area contributed by atoms with Gasteiger partial charge >= 0.3 is 0 Å². The SMILES string of the molecule is CC(C)c1nc(C(=O)NC(C)c2ccccn2)n[nH]1. The second-order valence-corrected chi connectivity index (χ2v) is 4.65. The molecule has 0 aliphatic heterocycles. The van der Waals surface area contributed by atoms with Gasteiger partial charge in [-0.05, 0) is 19.1 Å². The van der Waals surface area contributed by atoms with Gasteiger partial charge in [-0.25, -0.2) is 4.98 Å². The van der Waals surface area contributed by atoms with Gasteiger partial charge in [0, 0.05) is 12.1 Å². The van der Waals surface area contributed by atoms with Gasteiger partial charge in [0.2, 0.25) is 5.82 Å². The summed E-state index contributed by atoms with van der Waals surface area (Å²) in [4.78, 5) is 20.3. The molecule has 1 amide bonds. The number of carbonyl (C=O) groups excluding carboxylic acids is 1. The maximum Gasteiger partial charge on any atom is 0.291 e. The standard InChI is InChI=1S/C13H17N5O/c1-8(2)11-16-12(18-17-11)13(19)15-9(3)10-6-4-5-7-14-10/h4-9H,1-3H3,(H,15,19)(H,16,17,18). The van der Waals surface area contributed by atoms with E-state index in [9.17, 15) is 4.79 Å². The van der Waals surface area contributed by atoms with Crippen LogP contribution in [0.3, 0.4) is 0 Å². The van der Waals surface area contributed by atoms with Crippen molar-refractivity contribution in [3.63, 3.8) is 0 Å². The Balaban J connectivity index is 2.04. The Morgan fingerprint density at radius 3 is 2.68 bits per heavy atom. The molecule has 0 bridgehead atoms. The van der Waals surface area contributed by atoms with Crippen LogP contribution < -0.4 is 5.32 Å². The molecule has 0 saturated heterocycles. The van der Waals surface area contributed by atoms with Crippen molar-refractivity contribution in [1.29, 1.82) is 0 Å². The van der Waals surface area contributed by atoms with E-state index in [-0.39, 0.29) is 23.7 Å². The molecular weight excluding hydrogens is 242 g/mol. The number of H-pyrrole nitrogens is 1. The van der Waals surface area contributed by atoms with Crippen LogP contribution in [0.2, 0.25) is 0 Å². The smallest absolute Gasteiger partial charge is 0.291 e. The van der Waals surface area contributed by atoms with Gasteiger partial charge in [-0.3, -0.25) is 14.9 Å². The molecule has 0 aliphatic carbocycles. The van der Waals surface area contributed by atoms with Crippen LogP contribution in [0.5, 0.6) is 0 Å². The fraction of sp³-hybridized carbons (Fsp3) is 0.385. The van der Waals surface area contributed by atoms with Gasteiger partial charge < -0.3 is 5.32 Å². The molecule has 19 heavy (non-hydrogen) atoms. The Morgan fingerprint density at radius 2 is 2.11 bits per heavy atom. The number of rotatable bonds is 4. The topological polar surface area (TPSA) is 83.6 Å². The molecule has 0 spiro atoms. The van der Waals surface area contributed by atoms with Crippen molar-refractivity contribution in [2.75, 3.05) is 0 Å². The van der Waals surface area contributed by atoms with E-state index < -0.39 is 0 Å². The van der Waals surface area contributed by atoms with E-state index in [2.05, 4.69) is 25.5 Å². The monoisotopic (exact) mass is 259 g/mol. The summed E-state index contributed by atoms with van der Waals surface area (Å²) in [7, 11) is 0. The van der Waals surface area contributed by atoms with Crippen LogP contribution in [-0.2, 0) is 0 Å². The summed E-state index contributed by atoms with van der Waals surface area (Å²) >= 11 is 0. The first-order valence-corrected chi connectivity index (χ1v) is 6.22. The highest BCUT2D eigenvalue weighted by Gasteiger charge is 2.17. The molecule has 0 radical (unpaired) electrons. The number of carbonyl (C=O) groups is 1. The van der Waals surface area contributed by atoms with Gasteiger partial charge in [-0.1, -0.05) is 19.9 Å². The first-order chi connectivity index (χ1) is 9.08. The molecule has 0 fully saturated rings. The zero-order chi connectivity index (χ0) is 13.8. The van der Waals surface area contributed by atoms with Gasteiger partial charge in [0.05, 0.1) is 11.7 Å². The molecule has 0 aromatic carbocycles. The lowest BCUT2D eigenvalue weighted by molar-refractivity contribution is 0.0929. The molecule has 2 aromatic heterocycles. The minimum absolute atomic E-state index is 0.159. The quantitative estimate of drug-likeness (QED) is 0.877. The molecule has 1 atom stereocenters. The number of aromatic nitrogens is 4. The van der Waals surface area contributed by atoms with Crippen LogP contribution >= 0.6 is 0 Å². The average molecular weight is 259 g/mol. The van der Waals surface area contributed by atoms with Gasteiger partial charge in [0.15, 0.2) is 0 Å². The molecule has 6 nitrogen and oxygen atoms in total. The summed E-state index contributed by atoms with van der Waals surface area (Å²) in [5.41, 5.74) is 0.801. The largest absolute Gasteiger partial charge is 0.341 e. The number of amides is 1. The number of nitrogens with one attached hydrogen (secondary N) is 2. The summed E-state index contributed by atoms with van der Waals surface area (Å²) < 4.78 is 0. The zero-order valence-electron chi connectivity index (χ0n) is 11.2.